The second-order valence-electron chi connectivity index (χ2n) is 4.79. The van der Waals surface area contributed by atoms with Crippen LogP contribution in [0.1, 0.15) is 24.0 Å². The number of benzene rings is 1. The Morgan fingerprint density at radius 2 is 1.95 bits per heavy atom. The van der Waals surface area contributed by atoms with Crippen LogP contribution >= 0.6 is 0 Å². The lowest BCUT2D eigenvalue weighted by Crippen LogP contribution is -2.12. The van der Waals surface area contributed by atoms with Crippen molar-refractivity contribution in [2.75, 3.05) is 5.73 Å². The lowest BCUT2D eigenvalue weighted by Gasteiger charge is -2.15. The fourth-order valence-corrected chi connectivity index (χ4v) is 2.20. The van der Waals surface area contributed by atoms with Gasteiger partial charge in [0.25, 0.3) is 0 Å². The third-order valence-corrected chi connectivity index (χ3v) is 3.21. The smallest absolute Gasteiger partial charge is 0.399 e. The minimum Gasteiger partial charge on any atom is -0.399 e. The third kappa shape index (κ3) is 3.37. The van der Waals surface area contributed by atoms with Gasteiger partial charge in [-0.3, -0.25) is 0 Å². The van der Waals surface area contributed by atoms with E-state index in [1.807, 2.05) is 0 Å². The highest BCUT2D eigenvalue weighted by Gasteiger charge is 2.33. The van der Waals surface area contributed by atoms with Gasteiger partial charge in [0.1, 0.15) is 5.82 Å². The number of nitrogens with zero attached hydrogens (tertiary/aromatic N) is 1. The number of nitrogens with two attached hydrogens (primary N) is 1. The number of hydrogen-bond acceptors (Lipinski definition) is 2. The van der Waals surface area contributed by atoms with Crippen LogP contribution in [0.4, 0.5) is 23.2 Å². The van der Waals surface area contributed by atoms with Crippen LogP contribution in [0.15, 0.2) is 42.0 Å². The van der Waals surface area contributed by atoms with Gasteiger partial charge in [-0.15, -0.1) is 0 Å². The molecule has 2 N–H and O–H groups in total. The molecule has 0 saturated heterocycles. The summed E-state index contributed by atoms with van der Waals surface area (Å²) >= 11 is 0. The summed E-state index contributed by atoms with van der Waals surface area (Å²) in [6.45, 7) is 0. The van der Waals surface area contributed by atoms with E-state index in [2.05, 4.69) is 0 Å². The van der Waals surface area contributed by atoms with Crippen LogP contribution in [-0.4, -0.2) is 6.18 Å². The van der Waals surface area contributed by atoms with E-state index < -0.39 is 17.6 Å². The summed E-state index contributed by atoms with van der Waals surface area (Å²) in [5.41, 5.74) is 4.47. The first-order chi connectivity index (χ1) is 10.3. The van der Waals surface area contributed by atoms with Crippen molar-refractivity contribution in [1.82, 2.24) is 0 Å². The zero-order valence-electron chi connectivity index (χ0n) is 11.4. The average Bonchev–Trinajstić information content (AvgIpc) is 2.37. The zero-order valence-corrected chi connectivity index (χ0v) is 11.4. The second kappa shape index (κ2) is 6.06. The monoisotopic (exact) mass is 308 g/mol. The SMILES string of the molecule is N#Cc1cc(N)cc(F)c1C1=C/C=C\CCC(C(F)(F)F)=C1. The van der Waals surface area contributed by atoms with Crippen molar-refractivity contribution in [2.24, 2.45) is 0 Å². The summed E-state index contributed by atoms with van der Waals surface area (Å²) in [6.07, 6.45) is 0.914. The van der Waals surface area contributed by atoms with Crippen molar-refractivity contribution in [3.05, 3.63) is 59.0 Å². The van der Waals surface area contributed by atoms with E-state index in [0.717, 1.165) is 12.1 Å². The fraction of sp³-hybridized carbons (Fsp3) is 0.188. The van der Waals surface area contributed by atoms with Gasteiger partial charge in [0.15, 0.2) is 0 Å². The summed E-state index contributed by atoms with van der Waals surface area (Å²) in [5.74, 6) is -0.824. The van der Waals surface area contributed by atoms with Crippen molar-refractivity contribution in [2.45, 2.75) is 19.0 Å². The van der Waals surface area contributed by atoms with E-state index in [-0.39, 0.29) is 35.2 Å². The first kappa shape index (κ1) is 15.8. The molecule has 0 unspecified atom stereocenters. The van der Waals surface area contributed by atoms with Crippen LogP contribution in [0.3, 0.4) is 0 Å². The second-order valence-corrected chi connectivity index (χ2v) is 4.79. The van der Waals surface area contributed by atoms with Crippen LogP contribution in [0.25, 0.3) is 5.57 Å². The Labute approximate surface area is 124 Å². The van der Waals surface area contributed by atoms with Crippen LogP contribution in [0.2, 0.25) is 0 Å². The highest BCUT2D eigenvalue weighted by Crippen LogP contribution is 2.35. The minimum absolute atomic E-state index is 0.00248. The molecule has 0 atom stereocenters. The predicted molar refractivity (Wildman–Crippen MR) is 76.0 cm³/mol. The number of hydrogen-bond donors (Lipinski definition) is 1. The first-order valence-corrected chi connectivity index (χ1v) is 6.47. The highest BCUT2D eigenvalue weighted by molar-refractivity contribution is 5.81. The molecule has 0 fully saturated rings. The maximum Gasteiger partial charge on any atom is 0.412 e. The van der Waals surface area contributed by atoms with Gasteiger partial charge in [0.05, 0.1) is 11.6 Å². The van der Waals surface area contributed by atoms with Crippen molar-refractivity contribution >= 4 is 11.3 Å². The first-order valence-electron chi connectivity index (χ1n) is 6.47. The Morgan fingerprint density at radius 1 is 1.23 bits per heavy atom. The van der Waals surface area contributed by atoms with Crippen LogP contribution in [-0.2, 0) is 0 Å². The van der Waals surface area contributed by atoms with E-state index in [0.29, 0.717) is 0 Å². The largest absolute Gasteiger partial charge is 0.412 e. The average molecular weight is 308 g/mol. The quantitative estimate of drug-likeness (QED) is 0.613. The molecule has 0 bridgehead atoms. The summed E-state index contributed by atoms with van der Waals surface area (Å²) in [7, 11) is 0. The molecule has 2 nitrogen and oxygen atoms in total. The molecule has 2 rings (SSSR count). The molecular formula is C16H12F4N2. The molecule has 6 heteroatoms. The van der Waals surface area contributed by atoms with Crippen molar-refractivity contribution < 1.29 is 17.6 Å². The molecule has 114 valence electrons. The zero-order chi connectivity index (χ0) is 16.3. The number of allylic oxidation sites excluding steroid dienone is 6. The molecule has 0 heterocycles. The maximum atomic E-state index is 14.1. The summed E-state index contributed by atoms with van der Waals surface area (Å²) in [4.78, 5) is 0. The number of alkyl halides is 3. The molecular weight excluding hydrogens is 296 g/mol. The Hall–Kier alpha value is -2.55. The van der Waals surface area contributed by atoms with Crippen molar-refractivity contribution in [1.29, 1.82) is 5.26 Å². The Bertz CT molecular complexity index is 719. The highest BCUT2D eigenvalue weighted by atomic mass is 19.4. The number of halogens is 4. The van der Waals surface area contributed by atoms with Gasteiger partial charge >= 0.3 is 6.18 Å². The van der Waals surface area contributed by atoms with Crippen LogP contribution in [0.5, 0.6) is 0 Å². The molecule has 0 aliphatic heterocycles. The topological polar surface area (TPSA) is 49.8 Å². The fourth-order valence-electron chi connectivity index (χ4n) is 2.20. The van der Waals surface area contributed by atoms with E-state index in [4.69, 9.17) is 11.0 Å². The summed E-state index contributed by atoms with van der Waals surface area (Å²) < 4.78 is 53.1. The normalized spacial score (nSPS) is 16.9. The van der Waals surface area contributed by atoms with E-state index in [1.54, 1.807) is 18.2 Å². The molecule has 22 heavy (non-hydrogen) atoms. The maximum absolute atomic E-state index is 14.1. The van der Waals surface area contributed by atoms with Crippen LogP contribution < -0.4 is 5.73 Å². The lowest BCUT2D eigenvalue weighted by atomic mass is 9.94. The van der Waals surface area contributed by atoms with Gasteiger partial charge in [-0.25, -0.2) is 4.39 Å². The molecule has 0 saturated carbocycles. The molecule has 1 aliphatic rings. The van der Waals surface area contributed by atoms with Gasteiger partial charge in [0.2, 0.25) is 0 Å². The third-order valence-electron chi connectivity index (χ3n) is 3.21. The molecule has 0 aromatic heterocycles. The lowest BCUT2D eigenvalue weighted by molar-refractivity contribution is -0.0938. The van der Waals surface area contributed by atoms with Gasteiger partial charge < -0.3 is 5.73 Å². The molecule has 1 aliphatic carbocycles. The number of rotatable bonds is 1. The Balaban J connectivity index is 2.66. The van der Waals surface area contributed by atoms with Crippen molar-refractivity contribution in [3.63, 3.8) is 0 Å². The number of anilines is 1. The molecule has 1 aromatic carbocycles. The molecule has 0 radical (unpaired) electrons. The molecule has 1 aromatic rings. The Kier molecular flexibility index (Phi) is 4.36. The Morgan fingerprint density at radius 3 is 2.59 bits per heavy atom. The van der Waals surface area contributed by atoms with Gasteiger partial charge in [0, 0.05) is 16.8 Å². The predicted octanol–water partition coefficient (Wildman–Crippen LogP) is 4.50. The van der Waals surface area contributed by atoms with Gasteiger partial charge in [-0.05, 0) is 36.6 Å². The molecule has 0 spiro atoms. The number of nitriles is 1. The van der Waals surface area contributed by atoms with Crippen molar-refractivity contribution in [3.8, 4) is 6.07 Å². The van der Waals surface area contributed by atoms with E-state index in [1.165, 1.54) is 12.1 Å². The molecule has 0 amide bonds. The number of nitrogen functional groups attached to an aromatic ring is 1. The van der Waals surface area contributed by atoms with Crippen LogP contribution in [0, 0.1) is 17.1 Å². The van der Waals surface area contributed by atoms with Gasteiger partial charge in [-0.2, -0.15) is 18.4 Å². The minimum atomic E-state index is -4.50. The summed E-state index contributed by atoms with van der Waals surface area (Å²) in [6, 6.07) is 3.99. The van der Waals surface area contributed by atoms with E-state index >= 15 is 0 Å². The summed E-state index contributed by atoms with van der Waals surface area (Å²) in [5, 5.41) is 9.09. The van der Waals surface area contributed by atoms with E-state index in [9.17, 15) is 17.6 Å². The van der Waals surface area contributed by atoms with Gasteiger partial charge in [-0.1, -0.05) is 18.2 Å². The standard InChI is InChI=1S/C16H12F4N2/c17-14-8-13(22)7-11(9-21)15(14)10-4-2-1-3-5-12(6-10)16(18,19)20/h1-2,4,6-8H,3,5,22H2/b2-1-,10-4?,12-6?.